The smallest absolute Gasteiger partial charge is 0.323 e. The van der Waals surface area contributed by atoms with Crippen molar-refractivity contribution in [2.75, 3.05) is 12.3 Å². The number of nitrogens with one attached hydrogen (secondary N) is 2. The monoisotopic (exact) mass is 258 g/mol. The van der Waals surface area contributed by atoms with Gasteiger partial charge in [-0.15, -0.1) is 0 Å². The Kier molecular flexibility index (Phi) is 2.63. The SMILES string of the molecule is Nc1cccc2c1CN(C(=O)c1c[nH]c(=O)[nH]1)CC2. The lowest BCUT2D eigenvalue weighted by Crippen LogP contribution is -2.36. The Bertz CT molecular complexity index is 686. The van der Waals surface area contributed by atoms with Crippen LogP contribution >= 0.6 is 0 Å². The van der Waals surface area contributed by atoms with E-state index < -0.39 is 0 Å². The minimum absolute atomic E-state index is 0.188. The summed E-state index contributed by atoms with van der Waals surface area (Å²) in [5, 5.41) is 0. The minimum atomic E-state index is -0.375. The number of aromatic nitrogens is 2. The van der Waals surface area contributed by atoms with Gasteiger partial charge in [-0.05, 0) is 23.6 Å². The van der Waals surface area contributed by atoms with Gasteiger partial charge >= 0.3 is 5.69 Å². The highest BCUT2D eigenvalue weighted by molar-refractivity contribution is 5.92. The van der Waals surface area contributed by atoms with E-state index in [1.165, 1.54) is 11.8 Å². The molecule has 0 fully saturated rings. The van der Waals surface area contributed by atoms with Crippen LogP contribution in [0.5, 0.6) is 0 Å². The van der Waals surface area contributed by atoms with Crippen molar-refractivity contribution in [3.05, 3.63) is 51.7 Å². The van der Waals surface area contributed by atoms with Crippen LogP contribution in [0.2, 0.25) is 0 Å². The number of nitrogens with zero attached hydrogens (tertiary/aromatic N) is 1. The number of benzene rings is 1. The predicted molar refractivity (Wildman–Crippen MR) is 70.7 cm³/mol. The maximum Gasteiger partial charge on any atom is 0.323 e. The number of rotatable bonds is 1. The molecule has 6 heteroatoms. The molecule has 2 aromatic rings. The Morgan fingerprint density at radius 1 is 1.37 bits per heavy atom. The van der Waals surface area contributed by atoms with Crippen LogP contribution in [0.25, 0.3) is 0 Å². The molecule has 19 heavy (non-hydrogen) atoms. The molecule has 0 saturated carbocycles. The van der Waals surface area contributed by atoms with Crippen molar-refractivity contribution < 1.29 is 4.79 Å². The number of fused-ring (bicyclic) bond motifs is 1. The van der Waals surface area contributed by atoms with Crippen LogP contribution in [0.15, 0.2) is 29.2 Å². The zero-order valence-electron chi connectivity index (χ0n) is 10.3. The summed E-state index contributed by atoms with van der Waals surface area (Å²) in [5.74, 6) is -0.188. The van der Waals surface area contributed by atoms with Crippen molar-refractivity contribution in [1.29, 1.82) is 0 Å². The first-order chi connectivity index (χ1) is 9.15. The molecule has 0 unspecified atom stereocenters. The third kappa shape index (κ3) is 2.01. The standard InChI is InChI=1S/C13H14N4O2/c14-10-3-1-2-8-4-5-17(7-9(8)10)12(18)11-6-15-13(19)16-11/h1-3,6H,4-5,7,14H2,(H2,15,16,19). The Morgan fingerprint density at radius 3 is 2.95 bits per heavy atom. The molecule has 0 spiro atoms. The summed E-state index contributed by atoms with van der Waals surface area (Å²) < 4.78 is 0. The molecule has 4 N–H and O–H groups in total. The minimum Gasteiger partial charge on any atom is -0.398 e. The van der Waals surface area contributed by atoms with Gasteiger partial charge in [-0.3, -0.25) is 4.79 Å². The van der Waals surface area contributed by atoms with Crippen LogP contribution in [0.3, 0.4) is 0 Å². The first-order valence-electron chi connectivity index (χ1n) is 6.08. The molecule has 6 nitrogen and oxygen atoms in total. The van der Waals surface area contributed by atoms with Gasteiger partial charge in [0.15, 0.2) is 0 Å². The van der Waals surface area contributed by atoms with E-state index in [1.54, 1.807) is 4.90 Å². The number of carbonyl (C=O) groups excluding carboxylic acids is 1. The lowest BCUT2D eigenvalue weighted by molar-refractivity contribution is 0.0729. The molecule has 0 aliphatic carbocycles. The van der Waals surface area contributed by atoms with E-state index in [4.69, 9.17) is 5.73 Å². The molecule has 1 aromatic heterocycles. The summed E-state index contributed by atoms with van der Waals surface area (Å²) in [5.41, 5.74) is 8.74. The Labute approximate surface area is 109 Å². The third-order valence-electron chi connectivity index (χ3n) is 3.42. The number of nitrogens with two attached hydrogens (primary N) is 1. The van der Waals surface area contributed by atoms with E-state index >= 15 is 0 Å². The fourth-order valence-electron chi connectivity index (χ4n) is 2.40. The summed E-state index contributed by atoms with van der Waals surface area (Å²) in [4.78, 5) is 29.9. The zero-order valence-corrected chi connectivity index (χ0v) is 10.3. The van der Waals surface area contributed by atoms with E-state index in [0.717, 1.165) is 12.0 Å². The Balaban J connectivity index is 1.88. The molecule has 0 radical (unpaired) electrons. The maximum absolute atomic E-state index is 12.2. The molecule has 1 amide bonds. The average Bonchev–Trinajstić information content (AvgIpc) is 2.85. The van der Waals surface area contributed by atoms with Crippen molar-refractivity contribution in [2.45, 2.75) is 13.0 Å². The molecule has 1 aromatic carbocycles. The summed E-state index contributed by atoms with van der Waals surface area (Å²) in [6.07, 6.45) is 2.18. The molecule has 2 heterocycles. The van der Waals surface area contributed by atoms with Crippen molar-refractivity contribution in [3.63, 3.8) is 0 Å². The molecule has 3 rings (SSSR count). The number of nitrogen functional groups attached to an aromatic ring is 1. The van der Waals surface area contributed by atoms with E-state index in [-0.39, 0.29) is 17.3 Å². The number of hydrogen-bond acceptors (Lipinski definition) is 3. The van der Waals surface area contributed by atoms with Gasteiger partial charge in [0.2, 0.25) is 0 Å². The lowest BCUT2D eigenvalue weighted by Gasteiger charge is -2.29. The summed E-state index contributed by atoms with van der Waals surface area (Å²) in [6.45, 7) is 1.11. The van der Waals surface area contributed by atoms with E-state index in [1.807, 2.05) is 18.2 Å². The number of anilines is 1. The summed E-state index contributed by atoms with van der Waals surface area (Å²) in [7, 11) is 0. The van der Waals surface area contributed by atoms with E-state index in [9.17, 15) is 9.59 Å². The summed E-state index contributed by atoms with van der Waals surface area (Å²) >= 11 is 0. The zero-order chi connectivity index (χ0) is 13.4. The number of H-pyrrole nitrogens is 2. The molecular weight excluding hydrogens is 244 g/mol. The summed E-state index contributed by atoms with van der Waals surface area (Å²) in [6, 6.07) is 5.80. The largest absolute Gasteiger partial charge is 0.398 e. The van der Waals surface area contributed by atoms with Crippen molar-refractivity contribution in [2.24, 2.45) is 0 Å². The van der Waals surface area contributed by atoms with Crippen molar-refractivity contribution in [1.82, 2.24) is 14.9 Å². The molecule has 0 bridgehead atoms. The number of amides is 1. The van der Waals surface area contributed by atoms with Crippen LogP contribution in [0.1, 0.15) is 21.6 Å². The molecule has 1 aliphatic rings. The van der Waals surface area contributed by atoms with Gasteiger partial charge in [-0.25, -0.2) is 4.79 Å². The normalized spacial score (nSPS) is 14.2. The number of carbonyl (C=O) groups is 1. The van der Waals surface area contributed by atoms with Crippen LogP contribution in [-0.2, 0) is 13.0 Å². The van der Waals surface area contributed by atoms with E-state index in [2.05, 4.69) is 9.97 Å². The number of imidazole rings is 1. The first-order valence-corrected chi connectivity index (χ1v) is 6.08. The van der Waals surface area contributed by atoms with E-state index in [0.29, 0.717) is 18.8 Å². The Morgan fingerprint density at radius 2 is 2.21 bits per heavy atom. The number of aromatic amines is 2. The average molecular weight is 258 g/mol. The van der Waals surface area contributed by atoms with Crippen LogP contribution in [-0.4, -0.2) is 27.3 Å². The maximum atomic E-state index is 12.2. The van der Waals surface area contributed by atoms with Crippen LogP contribution < -0.4 is 11.4 Å². The molecule has 98 valence electrons. The second kappa shape index (κ2) is 4.31. The van der Waals surface area contributed by atoms with Gasteiger partial charge in [0.25, 0.3) is 5.91 Å². The molecular formula is C13H14N4O2. The molecule has 0 atom stereocenters. The topological polar surface area (TPSA) is 95.0 Å². The van der Waals surface area contributed by atoms with Gasteiger partial charge in [-0.2, -0.15) is 0 Å². The number of hydrogen-bond donors (Lipinski definition) is 3. The molecule has 1 aliphatic heterocycles. The van der Waals surface area contributed by atoms with Gasteiger partial charge in [0.05, 0.1) is 0 Å². The van der Waals surface area contributed by atoms with Crippen LogP contribution in [0, 0.1) is 0 Å². The second-order valence-corrected chi connectivity index (χ2v) is 4.62. The fraction of sp³-hybridized carbons (Fsp3) is 0.231. The predicted octanol–water partition coefficient (Wildman–Crippen LogP) is 0.484. The highest BCUT2D eigenvalue weighted by atomic mass is 16.2. The highest BCUT2D eigenvalue weighted by Crippen LogP contribution is 2.24. The molecule has 0 saturated heterocycles. The fourth-order valence-corrected chi connectivity index (χ4v) is 2.40. The second-order valence-electron chi connectivity index (χ2n) is 4.62. The van der Waals surface area contributed by atoms with Gasteiger partial charge in [-0.1, -0.05) is 12.1 Å². The van der Waals surface area contributed by atoms with Crippen molar-refractivity contribution >= 4 is 11.6 Å². The quantitative estimate of drug-likeness (QED) is 0.649. The van der Waals surface area contributed by atoms with Gasteiger partial charge in [0, 0.05) is 25.0 Å². The van der Waals surface area contributed by atoms with Gasteiger partial charge < -0.3 is 20.6 Å². The van der Waals surface area contributed by atoms with Crippen LogP contribution in [0.4, 0.5) is 5.69 Å². The lowest BCUT2D eigenvalue weighted by atomic mass is 9.98. The third-order valence-corrected chi connectivity index (χ3v) is 3.42. The first kappa shape index (κ1) is 11.6. The highest BCUT2D eigenvalue weighted by Gasteiger charge is 2.23. The van der Waals surface area contributed by atoms with Gasteiger partial charge in [0.1, 0.15) is 5.69 Å². The Hall–Kier alpha value is -2.50. The van der Waals surface area contributed by atoms with Crippen molar-refractivity contribution in [3.8, 4) is 0 Å².